The van der Waals surface area contributed by atoms with Crippen molar-refractivity contribution in [2.45, 2.75) is 19.9 Å². The number of benzene rings is 2. The SMILES string of the molecule is Cc1c(-c2cc3cc(Nc4ccc5c(c4)CN(C)C(=O)C5)ncc3c(Cl)c2F)cnc2c1N(C(=O)O)CCO2. The van der Waals surface area contributed by atoms with Crippen molar-refractivity contribution in [2.24, 2.45) is 0 Å². The Balaban J connectivity index is 1.39. The highest BCUT2D eigenvalue weighted by atomic mass is 35.5. The Hall–Kier alpha value is -4.44. The molecule has 0 unspecified atom stereocenters. The van der Waals surface area contributed by atoms with Crippen molar-refractivity contribution in [1.82, 2.24) is 14.9 Å². The first-order valence-corrected chi connectivity index (χ1v) is 12.6. The van der Waals surface area contributed by atoms with Gasteiger partial charge in [0.15, 0.2) is 0 Å². The Morgan fingerprint density at radius 1 is 1.15 bits per heavy atom. The smallest absolute Gasteiger partial charge is 0.412 e. The van der Waals surface area contributed by atoms with Crippen molar-refractivity contribution < 1.29 is 23.8 Å². The molecule has 2 aromatic carbocycles. The van der Waals surface area contributed by atoms with Gasteiger partial charge in [-0.25, -0.2) is 19.2 Å². The monoisotopic (exact) mass is 547 g/mol. The number of carboxylic acid groups (broad SMARTS) is 1. The molecule has 2 aliphatic heterocycles. The summed E-state index contributed by atoms with van der Waals surface area (Å²) in [6, 6.07) is 9.25. The van der Waals surface area contributed by atoms with E-state index in [-0.39, 0.29) is 35.5 Å². The van der Waals surface area contributed by atoms with Crippen LogP contribution < -0.4 is 15.0 Å². The molecule has 4 aromatic rings. The lowest BCUT2D eigenvalue weighted by atomic mass is 9.97. The number of nitrogens with one attached hydrogen (secondary N) is 1. The summed E-state index contributed by atoms with van der Waals surface area (Å²) >= 11 is 6.46. The van der Waals surface area contributed by atoms with Crippen LogP contribution in [0.3, 0.4) is 0 Å². The van der Waals surface area contributed by atoms with Gasteiger partial charge < -0.3 is 20.1 Å². The minimum absolute atomic E-state index is 0.0897. The molecule has 0 aliphatic carbocycles. The highest BCUT2D eigenvalue weighted by Gasteiger charge is 2.29. The summed E-state index contributed by atoms with van der Waals surface area (Å²) < 4.78 is 21.1. The number of carbonyl (C=O) groups is 2. The van der Waals surface area contributed by atoms with E-state index in [2.05, 4.69) is 15.3 Å². The maximum Gasteiger partial charge on any atom is 0.412 e. The minimum atomic E-state index is -1.14. The number of fused-ring (bicyclic) bond motifs is 3. The zero-order valence-electron chi connectivity index (χ0n) is 21.1. The molecule has 6 rings (SSSR count). The number of likely N-dealkylation sites (N-methyl/N-ethyl adjacent to an activating group) is 1. The second-order valence-corrected chi connectivity index (χ2v) is 9.99. The highest BCUT2D eigenvalue weighted by Crippen LogP contribution is 2.42. The van der Waals surface area contributed by atoms with Gasteiger partial charge >= 0.3 is 6.09 Å². The van der Waals surface area contributed by atoms with Gasteiger partial charge in [0.1, 0.15) is 23.9 Å². The van der Waals surface area contributed by atoms with Crippen LogP contribution in [-0.2, 0) is 17.8 Å². The second-order valence-electron chi connectivity index (χ2n) is 9.61. The maximum atomic E-state index is 15.6. The van der Waals surface area contributed by atoms with E-state index in [0.717, 1.165) is 21.7 Å². The molecule has 2 N–H and O–H groups in total. The third-order valence-corrected chi connectivity index (χ3v) is 7.54. The first-order valence-electron chi connectivity index (χ1n) is 12.2. The van der Waals surface area contributed by atoms with Gasteiger partial charge in [-0.2, -0.15) is 0 Å². The van der Waals surface area contributed by atoms with Crippen molar-refractivity contribution in [3.8, 4) is 17.0 Å². The molecule has 0 saturated heterocycles. The van der Waals surface area contributed by atoms with Crippen LogP contribution in [-0.4, -0.2) is 52.2 Å². The Morgan fingerprint density at radius 2 is 1.97 bits per heavy atom. The number of anilines is 3. The average molecular weight is 548 g/mol. The van der Waals surface area contributed by atoms with Crippen LogP contribution in [0.2, 0.25) is 5.02 Å². The molecule has 9 nitrogen and oxygen atoms in total. The van der Waals surface area contributed by atoms with E-state index in [1.807, 2.05) is 18.2 Å². The molecule has 198 valence electrons. The van der Waals surface area contributed by atoms with Crippen LogP contribution in [0.15, 0.2) is 42.7 Å². The Labute approximate surface area is 227 Å². The van der Waals surface area contributed by atoms with Gasteiger partial charge in [0.05, 0.1) is 18.0 Å². The standard InChI is InChI=1S/C28H23ClFN5O4/c1-14-20(11-32-27-26(14)35(28(37)38)5-6-39-27)19-8-16-9-22(31-12-21(16)24(29)25(19)30)33-18-4-3-15-10-23(36)34(2)13-17(15)7-18/h3-4,7-9,11-12H,5-6,10,13H2,1-2H3,(H,31,33)(H,37,38). The van der Waals surface area contributed by atoms with Gasteiger partial charge in [-0.1, -0.05) is 17.7 Å². The molecule has 2 aliphatic rings. The van der Waals surface area contributed by atoms with Gasteiger partial charge in [-0.15, -0.1) is 0 Å². The molecule has 11 heteroatoms. The molecule has 0 fully saturated rings. The number of halogens is 2. The zero-order valence-corrected chi connectivity index (χ0v) is 21.8. The number of hydrogen-bond donors (Lipinski definition) is 2. The Bertz CT molecular complexity index is 1700. The molecule has 0 saturated carbocycles. The molecule has 0 spiro atoms. The van der Waals surface area contributed by atoms with E-state index in [9.17, 15) is 14.7 Å². The van der Waals surface area contributed by atoms with Crippen molar-refractivity contribution in [3.05, 3.63) is 70.3 Å². The Kier molecular flexibility index (Phi) is 5.99. The van der Waals surface area contributed by atoms with Crippen LogP contribution in [0.1, 0.15) is 16.7 Å². The predicted molar refractivity (Wildman–Crippen MR) is 145 cm³/mol. The van der Waals surface area contributed by atoms with Gasteiger partial charge in [0.25, 0.3) is 0 Å². The van der Waals surface area contributed by atoms with E-state index in [4.69, 9.17) is 16.3 Å². The summed E-state index contributed by atoms with van der Waals surface area (Å²) in [5, 5.41) is 13.9. The van der Waals surface area contributed by atoms with Crippen molar-refractivity contribution in [2.75, 3.05) is 30.4 Å². The van der Waals surface area contributed by atoms with Crippen LogP contribution in [0.4, 0.5) is 26.4 Å². The lowest BCUT2D eigenvalue weighted by Gasteiger charge is -2.28. The summed E-state index contributed by atoms with van der Waals surface area (Å²) in [4.78, 5) is 35.4. The third kappa shape index (κ3) is 4.26. The number of amides is 2. The molecule has 0 radical (unpaired) electrons. The summed E-state index contributed by atoms with van der Waals surface area (Å²) in [5.74, 6) is 0.158. The van der Waals surface area contributed by atoms with Crippen LogP contribution in [0.5, 0.6) is 5.88 Å². The fourth-order valence-electron chi connectivity index (χ4n) is 5.11. The number of nitrogens with zero attached hydrogens (tertiary/aromatic N) is 4. The predicted octanol–water partition coefficient (Wildman–Crippen LogP) is 5.53. The van der Waals surface area contributed by atoms with Gasteiger partial charge in [0, 0.05) is 48.2 Å². The number of pyridine rings is 2. The number of ether oxygens (including phenoxy) is 1. The minimum Gasteiger partial charge on any atom is -0.474 e. The highest BCUT2D eigenvalue weighted by molar-refractivity contribution is 6.36. The fraction of sp³-hybridized carbons (Fsp3) is 0.214. The quantitative estimate of drug-likeness (QED) is 0.347. The van der Waals surface area contributed by atoms with Gasteiger partial charge in [-0.3, -0.25) is 9.69 Å². The second kappa shape index (κ2) is 9.39. The molecule has 0 bridgehead atoms. The van der Waals surface area contributed by atoms with Crippen molar-refractivity contribution in [3.63, 3.8) is 0 Å². The number of rotatable bonds is 3. The van der Waals surface area contributed by atoms with E-state index in [1.54, 1.807) is 31.0 Å². The molecule has 4 heterocycles. The zero-order chi connectivity index (χ0) is 27.4. The van der Waals surface area contributed by atoms with Crippen LogP contribution in [0.25, 0.3) is 21.9 Å². The van der Waals surface area contributed by atoms with Gasteiger partial charge in [-0.05, 0) is 53.3 Å². The largest absolute Gasteiger partial charge is 0.474 e. The van der Waals surface area contributed by atoms with Crippen molar-refractivity contribution in [1.29, 1.82) is 0 Å². The van der Waals surface area contributed by atoms with Crippen LogP contribution >= 0.6 is 11.6 Å². The first kappa shape index (κ1) is 24.9. The normalized spacial score (nSPS) is 14.6. The summed E-state index contributed by atoms with van der Waals surface area (Å²) in [7, 11) is 1.78. The molecule has 2 amide bonds. The summed E-state index contributed by atoms with van der Waals surface area (Å²) in [6.45, 7) is 2.57. The maximum absolute atomic E-state index is 15.6. The Morgan fingerprint density at radius 3 is 2.77 bits per heavy atom. The lowest BCUT2D eigenvalue weighted by molar-refractivity contribution is -0.130. The third-order valence-electron chi connectivity index (χ3n) is 7.17. The first-order chi connectivity index (χ1) is 18.7. The molecule has 0 atom stereocenters. The molecular weight excluding hydrogens is 525 g/mol. The fourth-order valence-corrected chi connectivity index (χ4v) is 5.37. The van der Waals surface area contributed by atoms with E-state index >= 15 is 4.39 Å². The number of carbonyl (C=O) groups excluding carboxylic acids is 1. The topological polar surface area (TPSA) is 108 Å². The molecule has 2 aromatic heterocycles. The van der Waals surface area contributed by atoms with Crippen molar-refractivity contribution >= 4 is 51.6 Å². The van der Waals surface area contributed by atoms with Crippen LogP contribution in [0, 0.1) is 12.7 Å². The van der Waals surface area contributed by atoms with E-state index < -0.39 is 11.9 Å². The summed E-state index contributed by atoms with van der Waals surface area (Å²) in [6.07, 6.45) is 2.21. The molecular formula is C28H23ClFN5O4. The van der Waals surface area contributed by atoms with Gasteiger partial charge in [0.2, 0.25) is 11.8 Å². The van der Waals surface area contributed by atoms with E-state index in [1.165, 1.54) is 12.4 Å². The number of aromatic nitrogens is 2. The average Bonchev–Trinajstić information content (AvgIpc) is 2.91. The number of hydrogen-bond acceptors (Lipinski definition) is 6. The summed E-state index contributed by atoms with van der Waals surface area (Å²) in [5.41, 5.74) is 4.27. The van der Waals surface area contributed by atoms with E-state index in [0.29, 0.717) is 46.4 Å². The lowest BCUT2D eigenvalue weighted by Crippen LogP contribution is -2.37. The molecule has 39 heavy (non-hydrogen) atoms.